The fraction of sp³-hybridized carbons (Fsp3) is 0.578. The van der Waals surface area contributed by atoms with Crippen LogP contribution >= 0.6 is 22.9 Å². The third-order valence-corrected chi connectivity index (χ3v) is 19.7. The Hall–Kier alpha value is -5.44. The van der Waals surface area contributed by atoms with E-state index in [0.29, 0.717) is 61.9 Å². The minimum absolute atomic E-state index is 0.0305. The third-order valence-electron chi connectivity index (χ3n) is 18.4. The fourth-order valence-corrected chi connectivity index (χ4v) is 15.1. The molecule has 6 aromatic rings. The van der Waals surface area contributed by atoms with E-state index < -0.39 is 29.6 Å². The number of aliphatic hydroxyl groups is 1. The maximum Gasteiger partial charge on any atom is 0.282 e. The van der Waals surface area contributed by atoms with Gasteiger partial charge in [0, 0.05) is 38.7 Å². The van der Waals surface area contributed by atoms with Crippen molar-refractivity contribution in [1.82, 2.24) is 44.6 Å². The van der Waals surface area contributed by atoms with Crippen molar-refractivity contribution in [2.75, 3.05) is 79.5 Å². The molecule has 2 saturated heterocycles. The van der Waals surface area contributed by atoms with E-state index >= 15 is 0 Å². The van der Waals surface area contributed by atoms with Gasteiger partial charge in [0.1, 0.15) is 17.9 Å². The lowest BCUT2D eigenvalue weighted by Gasteiger charge is -2.37. The number of rotatable bonds is 21. The molecule has 3 aliphatic heterocycles. The molecule has 2 amide bonds. The normalized spacial score (nSPS) is 21.8. The van der Waals surface area contributed by atoms with Crippen LogP contribution in [-0.2, 0) is 34.0 Å². The fourth-order valence-electron chi connectivity index (χ4n) is 14.1. The van der Waals surface area contributed by atoms with Crippen LogP contribution in [0.25, 0.3) is 27.0 Å². The van der Waals surface area contributed by atoms with Crippen LogP contribution in [-0.4, -0.2) is 148 Å². The number of nitrogens with one attached hydrogen (secondary N) is 1. The third kappa shape index (κ3) is 12.8. The van der Waals surface area contributed by atoms with Gasteiger partial charge in [0.05, 0.1) is 107 Å². The topological polar surface area (TPSA) is 188 Å². The average molecular weight is 1170 g/mol. The Morgan fingerprint density at radius 1 is 0.892 bits per heavy atom. The number of carbonyl (C=O) groups is 2. The van der Waals surface area contributed by atoms with Gasteiger partial charge in [-0.15, -0.1) is 16.4 Å². The van der Waals surface area contributed by atoms with Crippen LogP contribution in [0.5, 0.6) is 0 Å². The molecule has 1 spiro atoms. The number of β-amino-alcohol motifs (C(OH)–C–C–N with tert-alkyl or cyclic N) is 1. The average Bonchev–Trinajstić information content (AvgIpc) is 3.04. The summed E-state index contributed by atoms with van der Waals surface area (Å²) in [6.45, 7) is 14.0. The molecule has 2 aliphatic carbocycles. The molecular weight excluding hydrogens is 1090 g/mol. The number of fused-ring (bicyclic) bond motifs is 7. The molecule has 4 fully saturated rings. The summed E-state index contributed by atoms with van der Waals surface area (Å²) in [7, 11) is 1.63. The molecule has 6 heterocycles. The zero-order valence-electron chi connectivity index (χ0n) is 48.9. The van der Waals surface area contributed by atoms with Gasteiger partial charge in [-0.2, -0.15) is 4.98 Å². The van der Waals surface area contributed by atoms with Gasteiger partial charge in [0.25, 0.3) is 5.56 Å². The van der Waals surface area contributed by atoms with Crippen LogP contribution in [0.3, 0.4) is 0 Å². The number of ether oxygens (including phenoxy) is 4. The number of hydrogen-bond acceptors (Lipinski definition) is 14. The molecule has 0 radical (unpaired) electrons. The second kappa shape index (κ2) is 26.0. The molecule has 3 aromatic carbocycles. The number of methoxy groups -OCH3 is 1. The monoisotopic (exact) mass is 1170 g/mol. The van der Waals surface area contributed by atoms with Gasteiger partial charge < -0.3 is 39.2 Å². The molecule has 0 unspecified atom stereocenters. The van der Waals surface area contributed by atoms with E-state index in [-0.39, 0.29) is 48.3 Å². The number of likely N-dealkylation sites (tertiary alicyclic amines) is 2. The van der Waals surface area contributed by atoms with Crippen molar-refractivity contribution < 1.29 is 33.6 Å². The highest BCUT2D eigenvalue weighted by atomic mass is 35.5. The van der Waals surface area contributed by atoms with Crippen molar-refractivity contribution in [3.63, 3.8) is 0 Å². The number of carbonyl (C=O) groups excluding carboxylic acids is 2. The van der Waals surface area contributed by atoms with Gasteiger partial charge in [-0.25, -0.2) is 9.67 Å². The molecule has 444 valence electrons. The smallest absolute Gasteiger partial charge is 0.282 e. The molecule has 17 nitrogen and oxygen atoms in total. The van der Waals surface area contributed by atoms with Gasteiger partial charge in [-0.05, 0) is 129 Å². The molecule has 4 atom stereocenters. The molecule has 11 rings (SSSR count). The number of aliphatic hydroxyl groups excluding tert-OH is 1. The van der Waals surface area contributed by atoms with Crippen molar-refractivity contribution in [2.24, 2.45) is 11.3 Å². The summed E-state index contributed by atoms with van der Waals surface area (Å²) in [4.78, 5) is 57.5. The van der Waals surface area contributed by atoms with E-state index in [1.807, 2.05) is 75.8 Å². The minimum Gasteiger partial charge on any atom is -0.391 e. The summed E-state index contributed by atoms with van der Waals surface area (Å²) in [5.74, 6) is 1.54. The van der Waals surface area contributed by atoms with E-state index in [1.54, 1.807) is 34.1 Å². The Morgan fingerprint density at radius 2 is 1.61 bits per heavy atom. The number of aromatic nitrogens is 6. The number of halogens is 1. The standard InChI is InChI=1S/C64H82ClN9O8S/c1-41-57(83-40-66-41)46-18-16-45(17-19-46)52(39-82-33-32-81-31-30-80-29-28-79-5)67-59(76)55-35-48(75)37-72(55)61(78)58(63(2,3)4)73-38-51(69-70-73)44-14-12-42(13-15-44)36-71-26-22-43(23-27-71)47-20-21-49-54(34-47)74-53-11-9-10-50(65)56(53)60(77)68-62(74)64(49)24-7-6-8-25-64/h9-11,16-21,34,38,40,42-44,48,52,55,58,75H,6-8,12-15,22-33,35-37,39H2,1-5H3,(H,67,76)/t42?,44?,48-,52+,55+,58-/m1/s1. The lowest BCUT2D eigenvalue weighted by Crippen LogP contribution is -2.51. The van der Waals surface area contributed by atoms with Gasteiger partial charge in [-0.3, -0.25) is 19.0 Å². The number of amides is 2. The van der Waals surface area contributed by atoms with E-state index in [0.717, 1.165) is 123 Å². The summed E-state index contributed by atoms with van der Waals surface area (Å²) in [5.41, 5.74) is 9.19. The molecule has 0 bridgehead atoms. The van der Waals surface area contributed by atoms with Crippen molar-refractivity contribution in [3.05, 3.63) is 122 Å². The molecule has 5 aliphatic rings. The SMILES string of the molecule is COCCOCCOCCOC[C@H](NC(=O)[C@@H]1C[C@@H](O)CN1C(=O)[C@@H](n1cc(C2CCC(CN3CCC(c4ccc5c(c4)-n4c(nc(=O)c6c(Cl)cccc64)C54CCCCC4)CC3)CC2)nn1)C(C)(C)C)c1ccc(-c2scnc2C)cc1. The number of nitrogens with zero attached hydrogens (tertiary/aromatic N) is 8. The van der Waals surface area contributed by atoms with E-state index in [4.69, 9.17) is 40.6 Å². The first-order chi connectivity index (χ1) is 40.2. The lowest BCUT2D eigenvalue weighted by atomic mass is 9.69. The Balaban J connectivity index is 0.699. The predicted molar refractivity (Wildman–Crippen MR) is 321 cm³/mol. The molecule has 83 heavy (non-hydrogen) atoms. The number of hydrogen-bond donors (Lipinski definition) is 2. The Bertz CT molecular complexity index is 3260. The van der Waals surface area contributed by atoms with Gasteiger partial charge in [0.2, 0.25) is 11.8 Å². The van der Waals surface area contributed by atoms with Crippen LogP contribution in [0, 0.1) is 18.3 Å². The Labute approximate surface area is 496 Å². The summed E-state index contributed by atoms with van der Waals surface area (Å²) in [5, 5.41) is 24.6. The molecule has 3 aromatic heterocycles. The number of thiazole rings is 1. The highest BCUT2D eigenvalue weighted by molar-refractivity contribution is 7.13. The molecule has 19 heteroatoms. The number of piperidine rings is 1. The highest BCUT2D eigenvalue weighted by Gasteiger charge is 2.48. The maximum atomic E-state index is 15.0. The van der Waals surface area contributed by atoms with Gasteiger partial charge in [-0.1, -0.05) is 99.3 Å². The highest BCUT2D eigenvalue weighted by Crippen LogP contribution is 2.52. The number of benzene rings is 3. The first-order valence-electron chi connectivity index (χ1n) is 30.2. The predicted octanol–water partition coefficient (Wildman–Crippen LogP) is 9.88. The lowest BCUT2D eigenvalue weighted by molar-refractivity contribution is -0.144. The second-order valence-electron chi connectivity index (χ2n) is 25.0. The van der Waals surface area contributed by atoms with E-state index in [2.05, 4.69) is 43.2 Å². The van der Waals surface area contributed by atoms with E-state index in [9.17, 15) is 19.5 Å². The van der Waals surface area contributed by atoms with Gasteiger partial charge in [0.15, 0.2) is 0 Å². The van der Waals surface area contributed by atoms with Crippen LogP contribution in [0.15, 0.2) is 77.2 Å². The van der Waals surface area contributed by atoms with Gasteiger partial charge >= 0.3 is 0 Å². The summed E-state index contributed by atoms with van der Waals surface area (Å²) < 4.78 is 26.3. The summed E-state index contributed by atoms with van der Waals surface area (Å²) in [6.07, 6.45) is 13.1. The van der Waals surface area contributed by atoms with Crippen LogP contribution < -0.4 is 10.9 Å². The first-order valence-corrected chi connectivity index (χ1v) is 31.5. The Kier molecular flexibility index (Phi) is 18.6. The number of aryl methyl sites for hydroxylation is 1. The van der Waals surface area contributed by atoms with Crippen LogP contribution in [0.2, 0.25) is 5.02 Å². The summed E-state index contributed by atoms with van der Waals surface area (Å²) >= 11 is 8.25. The van der Waals surface area contributed by atoms with Crippen LogP contribution in [0.4, 0.5) is 0 Å². The largest absolute Gasteiger partial charge is 0.391 e. The van der Waals surface area contributed by atoms with Crippen molar-refractivity contribution >= 4 is 45.7 Å². The quantitative estimate of drug-likeness (QED) is 0.0649. The van der Waals surface area contributed by atoms with Crippen molar-refractivity contribution in [2.45, 2.75) is 146 Å². The molecule has 2 N–H and O–H groups in total. The van der Waals surface area contributed by atoms with Crippen molar-refractivity contribution in [1.29, 1.82) is 0 Å². The maximum absolute atomic E-state index is 15.0. The van der Waals surface area contributed by atoms with E-state index in [1.165, 1.54) is 23.2 Å². The zero-order chi connectivity index (χ0) is 57.8. The molecular formula is C64H82ClN9O8S. The van der Waals surface area contributed by atoms with Crippen LogP contribution in [0.1, 0.15) is 156 Å². The first kappa shape index (κ1) is 59.3. The molecule has 2 saturated carbocycles. The summed E-state index contributed by atoms with van der Waals surface area (Å²) in [6, 6.07) is 18.7. The second-order valence-corrected chi connectivity index (χ2v) is 26.2. The Morgan fingerprint density at radius 3 is 2.31 bits per heavy atom. The zero-order valence-corrected chi connectivity index (χ0v) is 50.5. The van der Waals surface area contributed by atoms with Crippen molar-refractivity contribution in [3.8, 4) is 16.1 Å². The minimum atomic E-state index is -0.908.